The highest BCUT2D eigenvalue weighted by atomic mass is 32.2. The predicted octanol–water partition coefficient (Wildman–Crippen LogP) is 0.507. The Morgan fingerprint density at radius 2 is 2.00 bits per heavy atom. The topological polar surface area (TPSA) is 101 Å². The summed E-state index contributed by atoms with van der Waals surface area (Å²) < 4.78 is 26.2. The Bertz CT molecular complexity index is 587. The molecule has 0 spiro atoms. The lowest BCUT2D eigenvalue weighted by Crippen LogP contribution is -2.42. The van der Waals surface area contributed by atoms with Gasteiger partial charge >= 0.3 is 5.97 Å². The summed E-state index contributed by atoms with van der Waals surface area (Å²) in [5.74, 6) is -1.11. The molecule has 1 atom stereocenters. The van der Waals surface area contributed by atoms with E-state index in [4.69, 9.17) is 0 Å². The highest BCUT2D eigenvalue weighted by Crippen LogP contribution is 2.09. The van der Waals surface area contributed by atoms with Crippen LogP contribution in [0.5, 0.6) is 0 Å². The van der Waals surface area contributed by atoms with Crippen LogP contribution in [0, 0.1) is 0 Å². The molecule has 0 bridgehead atoms. The first kappa shape index (κ1) is 18.1. The van der Waals surface area contributed by atoms with Gasteiger partial charge in [0.1, 0.15) is 6.04 Å². The highest BCUT2D eigenvalue weighted by molar-refractivity contribution is 7.85. The molecule has 0 heterocycles. The third-order valence-electron chi connectivity index (χ3n) is 2.95. The van der Waals surface area contributed by atoms with Gasteiger partial charge in [-0.25, -0.2) is 4.79 Å². The molecule has 1 N–H and O–H groups in total. The second-order valence-corrected chi connectivity index (χ2v) is 6.41. The zero-order chi connectivity index (χ0) is 16.6. The monoisotopic (exact) mass is 329 g/mol. The number of amides is 1. The summed E-state index contributed by atoms with van der Waals surface area (Å²) in [7, 11) is -3.54. The van der Waals surface area contributed by atoms with Crippen LogP contribution in [0.3, 0.4) is 0 Å². The average Bonchev–Trinajstić information content (AvgIpc) is 2.45. The van der Waals surface area contributed by atoms with E-state index in [9.17, 15) is 23.1 Å². The van der Waals surface area contributed by atoms with Crippen LogP contribution >= 0.6 is 0 Å². The quantitative estimate of drug-likeness (QED) is 0.381. The molecule has 0 saturated carbocycles. The van der Waals surface area contributed by atoms with Gasteiger partial charge in [-0.2, -0.15) is 8.42 Å². The molecule has 0 saturated heterocycles. The molecule has 1 aromatic rings. The van der Waals surface area contributed by atoms with Crippen LogP contribution in [0.1, 0.15) is 12.0 Å². The van der Waals surface area contributed by atoms with E-state index < -0.39 is 22.1 Å². The molecule has 1 aromatic carbocycles. The van der Waals surface area contributed by atoms with Crippen molar-refractivity contribution < 1.29 is 27.3 Å². The van der Waals surface area contributed by atoms with Gasteiger partial charge in [-0.05, 0) is 12.0 Å². The van der Waals surface area contributed by atoms with Gasteiger partial charge in [0.05, 0.1) is 12.9 Å². The number of carboxylic acid groups (broad SMARTS) is 1. The van der Waals surface area contributed by atoms with Crippen LogP contribution in [0.2, 0.25) is 0 Å². The van der Waals surface area contributed by atoms with Crippen molar-refractivity contribution in [1.29, 1.82) is 0 Å². The summed E-state index contributed by atoms with van der Waals surface area (Å²) in [4.78, 5) is 23.6. The van der Waals surface area contributed by atoms with Crippen molar-refractivity contribution >= 4 is 22.5 Å². The molecule has 0 aliphatic heterocycles. The van der Waals surface area contributed by atoms with Crippen molar-refractivity contribution in [2.45, 2.75) is 18.9 Å². The number of carboxylic acids is 1. The number of hydrogen-bond donors (Lipinski definition) is 1. The number of nitrogens with zero attached hydrogens (tertiary/aromatic N) is 1. The standard InChI is InChI=1S/C14H19NO6S/c1-22(19,20)21-9-5-8-15(11-16)13(14(17)18)10-12-6-3-2-4-7-12/h2-4,6-7,11,13H,5,8-10H2,1H3,(H,17,18). The Hall–Kier alpha value is -1.93. The second-order valence-electron chi connectivity index (χ2n) is 4.77. The maximum atomic E-state index is 11.4. The summed E-state index contributed by atoms with van der Waals surface area (Å²) in [5, 5.41) is 9.29. The molecule has 22 heavy (non-hydrogen) atoms. The molecule has 7 nitrogen and oxygen atoms in total. The number of hydrogen-bond acceptors (Lipinski definition) is 5. The van der Waals surface area contributed by atoms with Gasteiger partial charge < -0.3 is 10.0 Å². The third kappa shape index (κ3) is 6.68. The van der Waals surface area contributed by atoms with Crippen LogP contribution in [0.15, 0.2) is 30.3 Å². The van der Waals surface area contributed by atoms with Crippen molar-refractivity contribution in [2.24, 2.45) is 0 Å². The fourth-order valence-electron chi connectivity index (χ4n) is 1.92. The summed E-state index contributed by atoms with van der Waals surface area (Å²) in [5.41, 5.74) is 0.800. The normalized spacial score (nSPS) is 12.6. The van der Waals surface area contributed by atoms with Gasteiger partial charge in [0.2, 0.25) is 6.41 Å². The molecular weight excluding hydrogens is 310 g/mol. The van der Waals surface area contributed by atoms with Crippen LogP contribution in [0.4, 0.5) is 0 Å². The largest absolute Gasteiger partial charge is 0.480 e. The minimum atomic E-state index is -3.54. The van der Waals surface area contributed by atoms with Crippen LogP contribution in [-0.2, 0) is 30.3 Å². The van der Waals surface area contributed by atoms with Gasteiger partial charge in [0, 0.05) is 13.0 Å². The lowest BCUT2D eigenvalue weighted by Gasteiger charge is -2.25. The second kappa shape index (κ2) is 8.50. The van der Waals surface area contributed by atoms with Crippen LogP contribution in [0.25, 0.3) is 0 Å². The van der Waals surface area contributed by atoms with Crippen molar-refractivity contribution in [3.8, 4) is 0 Å². The summed E-state index contributed by atoms with van der Waals surface area (Å²) >= 11 is 0. The number of benzene rings is 1. The summed E-state index contributed by atoms with van der Waals surface area (Å²) in [6.45, 7) is 0.00364. The molecule has 0 aromatic heterocycles. The summed E-state index contributed by atoms with van der Waals surface area (Å²) in [6.07, 6.45) is 1.80. The van der Waals surface area contributed by atoms with E-state index in [0.717, 1.165) is 16.7 Å². The molecule has 0 radical (unpaired) electrons. The molecular formula is C14H19NO6S. The Morgan fingerprint density at radius 3 is 2.50 bits per heavy atom. The molecule has 0 aliphatic rings. The lowest BCUT2D eigenvalue weighted by atomic mass is 10.0. The molecule has 0 aliphatic carbocycles. The maximum Gasteiger partial charge on any atom is 0.326 e. The van der Waals surface area contributed by atoms with Crippen molar-refractivity contribution in [2.75, 3.05) is 19.4 Å². The highest BCUT2D eigenvalue weighted by Gasteiger charge is 2.24. The van der Waals surface area contributed by atoms with Crippen molar-refractivity contribution in [1.82, 2.24) is 4.90 Å². The molecule has 122 valence electrons. The fraction of sp³-hybridized carbons (Fsp3) is 0.429. The molecule has 1 amide bonds. The average molecular weight is 329 g/mol. The molecule has 1 rings (SSSR count). The number of rotatable bonds is 10. The first-order valence-corrected chi connectivity index (χ1v) is 8.47. The number of carbonyl (C=O) groups excluding carboxylic acids is 1. The zero-order valence-corrected chi connectivity index (χ0v) is 13.0. The minimum absolute atomic E-state index is 0.0964. The van der Waals surface area contributed by atoms with E-state index in [1.165, 1.54) is 0 Å². The molecule has 0 fully saturated rings. The van der Waals surface area contributed by atoms with Gasteiger partial charge in [-0.1, -0.05) is 30.3 Å². The Kier molecular flexibility index (Phi) is 7.00. The first-order chi connectivity index (χ1) is 10.3. The van der Waals surface area contributed by atoms with E-state index in [-0.39, 0.29) is 26.0 Å². The van der Waals surface area contributed by atoms with E-state index in [0.29, 0.717) is 6.41 Å². The predicted molar refractivity (Wildman–Crippen MR) is 79.8 cm³/mol. The van der Waals surface area contributed by atoms with Crippen LogP contribution < -0.4 is 0 Å². The fourth-order valence-corrected chi connectivity index (χ4v) is 2.34. The SMILES string of the molecule is CS(=O)(=O)OCCCN(C=O)C(Cc1ccccc1)C(=O)O. The van der Waals surface area contributed by atoms with Gasteiger partial charge in [0.15, 0.2) is 0 Å². The van der Waals surface area contributed by atoms with Gasteiger partial charge in [-0.15, -0.1) is 0 Å². The Labute approximate surface area is 129 Å². The van der Waals surface area contributed by atoms with Crippen LogP contribution in [-0.4, -0.2) is 56.3 Å². The van der Waals surface area contributed by atoms with E-state index in [2.05, 4.69) is 4.18 Å². The number of carbonyl (C=O) groups is 2. The third-order valence-corrected chi connectivity index (χ3v) is 3.55. The van der Waals surface area contributed by atoms with Gasteiger partial charge in [-0.3, -0.25) is 8.98 Å². The Morgan fingerprint density at radius 1 is 1.36 bits per heavy atom. The zero-order valence-electron chi connectivity index (χ0n) is 12.2. The summed E-state index contributed by atoms with van der Waals surface area (Å²) in [6, 6.07) is 7.97. The van der Waals surface area contributed by atoms with E-state index >= 15 is 0 Å². The minimum Gasteiger partial charge on any atom is -0.480 e. The lowest BCUT2D eigenvalue weighted by molar-refractivity contribution is -0.146. The van der Waals surface area contributed by atoms with E-state index in [1.54, 1.807) is 24.3 Å². The maximum absolute atomic E-state index is 11.4. The van der Waals surface area contributed by atoms with Gasteiger partial charge in [0.25, 0.3) is 10.1 Å². The molecule has 8 heteroatoms. The molecule has 1 unspecified atom stereocenters. The van der Waals surface area contributed by atoms with Crippen molar-refractivity contribution in [3.05, 3.63) is 35.9 Å². The number of aliphatic carboxylic acids is 1. The first-order valence-electron chi connectivity index (χ1n) is 6.65. The Balaban J connectivity index is 2.63. The van der Waals surface area contributed by atoms with Crippen molar-refractivity contribution in [3.63, 3.8) is 0 Å². The smallest absolute Gasteiger partial charge is 0.326 e. The van der Waals surface area contributed by atoms with E-state index in [1.807, 2.05) is 6.07 Å².